The molecule has 1 unspecified atom stereocenters. The average molecular weight is 477 g/mol. The molecule has 0 N–H and O–H groups in total. The normalized spacial score (nSPS) is 13.4. The van der Waals surface area contributed by atoms with Crippen LogP contribution in [0.25, 0.3) is 5.57 Å². The second-order valence-electron chi connectivity index (χ2n) is 10.3. The summed E-state index contributed by atoms with van der Waals surface area (Å²) in [5.41, 5.74) is 4.14. The van der Waals surface area contributed by atoms with Gasteiger partial charge in [0.15, 0.2) is 0 Å². The maximum Gasteiger partial charge on any atom is 0.267 e. The lowest BCUT2D eigenvalue weighted by Crippen LogP contribution is -2.64. The summed E-state index contributed by atoms with van der Waals surface area (Å²) in [5, 5.41) is 2.56. The van der Waals surface area contributed by atoms with E-state index in [1.54, 1.807) is 0 Å². The van der Waals surface area contributed by atoms with Gasteiger partial charge < -0.3 is 4.43 Å². The molecule has 4 aromatic rings. The Balaban J connectivity index is 2.08. The summed E-state index contributed by atoms with van der Waals surface area (Å²) < 4.78 is 6.86. The Bertz CT molecular complexity index is 1170. The summed E-state index contributed by atoms with van der Waals surface area (Å²) in [5.74, 6) is 0. The van der Waals surface area contributed by atoms with Crippen molar-refractivity contribution in [3.05, 3.63) is 139 Å². The van der Waals surface area contributed by atoms with Crippen LogP contribution in [0.3, 0.4) is 0 Å². The molecule has 178 valence electrons. The predicted octanol–water partition coefficient (Wildman–Crippen LogP) is 7.24. The fourth-order valence-corrected chi connectivity index (χ4v) is 9.42. The summed E-state index contributed by atoms with van der Waals surface area (Å²) in [7, 11) is -0.891. The van der Waals surface area contributed by atoms with Crippen LogP contribution in [0.15, 0.2) is 127 Å². The van der Waals surface area contributed by atoms with Gasteiger partial charge in [-0.25, -0.2) is 0 Å². The van der Waals surface area contributed by atoms with Gasteiger partial charge in [0.2, 0.25) is 0 Å². The van der Waals surface area contributed by atoms with E-state index in [9.17, 15) is 0 Å². The van der Waals surface area contributed by atoms with Gasteiger partial charge in [0.05, 0.1) is 0 Å². The maximum atomic E-state index is 6.86. The van der Waals surface area contributed by atoms with Crippen molar-refractivity contribution in [1.82, 2.24) is 0 Å². The van der Waals surface area contributed by atoms with Gasteiger partial charge >= 0.3 is 0 Å². The highest BCUT2D eigenvalue weighted by Crippen LogP contribution is 2.41. The van der Waals surface area contributed by atoms with E-state index in [0.29, 0.717) is 0 Å². The third kappa shape index (κ3) is 5.56. The number of hydrogen-bond acceptors (Lipinski definition) is 1. The molecule has 0 aliphatic heterocycles. The smallest absolute Gasteiger partial charge is 0.267 e. The molecule has 0 saturated carbocycles. The largest absolute Gasteiger partial charge is 0.410 e. The first-order valence-corrected chi connectivity index (χ1v) is 14.4. The van der Waals surface area contributed by atoms with Gasteiger partial charge in [0, 0.05) is 12.7 Å². The Morgan fingerprint density at radius 2 is 1.11 bits per heavy atom. The Morgan fingerprint density at radius 3 is 1.54 bits per heavy atom. The SMILES string of the molecule is CO[Si](c1ccccc1)(c1ccccc1)C(/C(=C/CC(C)(C)C)c1ccccc1)c1ccccc1. The molecule has 0 saturated heterocycles. The van der Waals surface area contributed by atoms with Crippen molar-refractivity contribution in [1.29, 1.82) is 0 Å². The Labute approximate surface area is 212 Å². The molecule has 1 atom stereocenters. The lowest BCUT2D eigenvalue weighted by molar-refractivity contribution is 0.409. The number of benzene rings is 4. The molecule has 1 nitrogen and oxygen atoms in total. The van der Waals surface area contributed by atoms with Crippen molar-refractivity contribution in [2.75, 3.05) is 7.11 Å². The van der Waals surface area contributed by atoms with Crippen LogP contribution >= 0.6 is 0 Å². The summed E-state index contributed by atoms with van der Waals surface area (Å²) in [6.07, 6.45) is 3.46. The average Bonchev–Trinajstić information content (AvgIpc) is 2.90. The monoisotopic (exact) mass is 476 g/mol. The first-order valence-electron chi connectivity index (χ1n) is 12.4. The van der Waals surface area contributed by atoms with Crippen molar-refractivity contribution in [2.24, 2.45) is 5.41 Å². The van der Waals surface area contributed by atoms with Crippen molar-refractivity contribution in [3.8, 4) is 0 Å². The molecule has 0 bridgehead atoms. The van der Waals surface area contributed by atoms with Gasteiger partial charge in [-0.05, 0) is 38.9 Å². The molecule has 4 aromatic carbocycles. The van der Waals surface area contributed by atoms with E-state index in [4.69, 9.17) is 4.43 Å². The zero-order valence-corrected chi connectivity index (χ0v) is 22.3. The summed E-state index contributed by atoms with van der Waals surface area (Å²) >= 11 is 0. The third-order valence-electron chi connectivity index (χ3n) is 6.62. The summed E-state index contributed by atoms with van der Waals surface area (Å²) in [6.45, 7) is 6.91. The Kier molecular flexibility index (Phi) is 7.85. The molecule has 0 amide bonds. The highest BCUT2D eigenvalue weighted by Gasteiger charge is 2.49. The van der Waals surface area contributed by atoms with E-state index in [1.807, 2.05) is 7.11 Å². The van der Waals surface area contributed by atoms with Gasteiger partial charge in [-0.3, -0.25) is 0 Å². The predicted molar refractivity (Wildman–Crippen MR) is 153 cm³/mol. The van der Waals surface area contributed by atoms with Crippen molar-refractivity contribution >= 4 is 24.3 Å². The van der Waals surface area contributed by atoms with Crippen molar-refractivity contribution in [3.63, 3.8) is 0 Å². The molecule has 0 aliphatic rings. The molecule has 0 aromatic heterocycles. The molecule has 4 rings (SSSR count). The fourth-order valence-electron chi connectivity index (χ4n) is 4.95. The van der Waals surface area contributed by atoms with Crippen LogP contribution in [-0.4, -0.2) is 15.4 Å². The van der Waals surface area contributed by atoms with E-state index >= 15 is 0 Å². The molecular formula is C33H36OSi. The lowest BCUT2D eigenvalue weighted by atomic mass is 9.88. The van der Waals surface area contributed by atoms with Crippen LogP contribution < -0.4 is 10.4 Å². The van der Waals surface area contributed by atoms with Gasteiger partial charge in [-0.2, -0.15) is 0 Å². The zero-order chi connectivity index (χ0) is 24.7. The van der Waals surface area contributed by atoms with Crippen LogP contribution in [0.4, 0.5) is 0 Å². The number of rotatable bonds is 8. The van der Waals surface area contributed by atoms with Crippen LogP contribution in [-0.2, 0) is 4.43 Å². The van der Waals surface area contributed by atoms with E-state index in [2.05, 4.69) is 148 Å². The van der Waals surface area contributed by atoms with E-state index < -0.39 is 8.32 Å². The first-order chi connectivity index (χ1) is 17.0. The molecule has 0 heterocycles. The highest BCUT2D eigenvalue weighted by atomic mass is 28.4. The third-order valence-corrected chi connectivity index (χ3v) is 11.1. The first kappa shape index (κ1) is 24.9. The second kappa shape index (κ2) is 11.0. The molecular weight excluding hydrogens is 440 g/mol. The minimum atomic E-state index is -2.80. The maximum absolute atomic E-state index is 6.86. The molecule has 0 aliphatic carbocycles. The molecule has 35 heavy (non-hydrogen) atoms. The number of allylic oxidation sites excluding steroid dienone is 2. The minimum absolute atomic E-state index is 0.0725. The lowest BCUT2D eigenvalue weighted by Gasteiger charge is -2.40. The Morgan fingerprint density at radius 1 is 0.686 bits per heavy atom. The van der Waals surface area contributed by atoms with Crippen LogP contribution in [0, 0.1) is 5.41 Å². The summed E-state index contributed by atoms with van der Waals surface area (Å²) in [4.78, 5) is 0. The minimum Gasteiger partial charge on any atom is -0.410 e. The molecule has 0 fully saturated rings. The van der Waals surface area contributed by atoms with Gasteiger partial charge in [-0.15, -0.1) is 0 Å². The van der Waals surface area contributed by atoms with Gasteiger partial charge in [0.1, 0.15) is 0 Å². The second-order valence-corrected chi connectivity index (χ2v) is 13.9. The van der Waals surface area contributed by atoms with E-state index in [1.165, 1.54) is 27.1 Å². The van der Waals surface area contributed by atoms with Gasteiger partial charge in [0.25, 0.3) is 8.32 Å². The fraction of sp³-hybridized carbons (Fsp3) is 0.212. The van der Waals surface area contributed by atoms with Crippen LogP contribution in [0.5, 0.6) is 0 Å². The van der Waals surface area contributed by atoms with Gasteiger partial charge in [-0.1, -0.05) is 148 Å². The van der Waals surface area contributed by atoms with E-state index in [0.717, 1.165) is 6.42 Å². The molecule has 0 spiro atoms. The molecule has 0 radical (unpaired) electrons. The van der Waals surface area contributed by atoms with Crippen molar-refractivity contribution in [2.45, 2.75) is 32.7 Å². The van der Waals surface area contributed by atoms with E-state index in [-0.39, 0.29) is 11.0 Å². The highest BCUT2D eigenvalue weighted by molar-refractivity contribution is 6.99. The number of hydrogen-bond donors (Lipinski definition) is 0. The zero-order valence-electron chi connectivity index (χ0n) is 21.3. The van der Waals surface area contributed by atoms with Crippen LogP contribution in [0.2, 0.25) is 0 Å². The topological polar surface area (TPSA) is 9.23 Å². The Hall–Kier alpha value is -3.20. The molecule has 2 heteroatoms. The van der Waals surface area contributed by atoms with Crippen molar-refractivity contribution < 1.29 is 4.43 Å². The summed E-state index contributed by atoms with van der Waals surface area (Å²) in [6, 6.07) is 43.6. The standard InChI is InChI=1S/C33H36OSi/c1-33(2,3)26-25-31(27-17-9-5-10-18-27)32(28-19-11-6-12-20-28)35(34-4,29-21-13-7-14-22-29)30-23-15-8-16-24-30/h5-25,32H,26H2,1-4H3/b31-25+. The quantitative estimate of drug-likeness (QED) is 0.244. The van der Waals surface area contributed by atoms with Crippen LogP contribution in [0.1, 0.15) is 43.9 Å².